The van der Waals surface area contributed by atoms with Gasteiger partial charge in [0.15, 0.2) is 5.65 Å². The molecule has 1 N–H and O–H groups in total. The van der Waals surface area contributed by atoms with Gasteiger partial charge in [0.25, 0.3) is 0 Å². The average molecular weight is 444 g/mol. The van der Waals surface area contributed by atoms with E-state index >= 15 is 0 Å². The first-order valence-corrected chi connectivity index (χ1v) is 11.1. The number of pyridine rings is 1. The summed E-state index contributed by atoms with van der Waals surface area (Å²) in [6.45, 7) is 8.09. The third kappa shape index (κ3) is 4.62. The van der Waals surface area contributed by atoms with Crippen molar-refractivity contribution in [3.63, 3.8) is 0 Å². The van der Waals surface area contributed by atoms with Crippen LogP contribution in [0.2, 0.25) is 5.02 Å². The molecule has 2 fully saturated rings. The van der Waals surface area contributed by atoms with Crippen LogP contribution in [0.1, 0.15) is 0 Å². The second kappa shape index (κ2) is 9.40. The summed E-state index contributed by atoms with van der Waals surface area (Å²) in [5.41, 5.74) is 3.43. The first-order chi connectivity index (χ1) is 15.3. The van der Waals surface area contributed by atoms with Crippen LogP contribution in [0.3, 0.4) is 0 Å². The first kappa shape index (κ1) is 20.5. The van der Waals surface area contributed by atoms with Crippen LogP contribution in [0.5, 0.6) is 5.75 Å². The van der Waals surface area contributed by atoms with Gasteiger partial charge in [0, 0.05) is 38.3 Å². The van der Waals surface area contributed by atoms with E-state index in [2.05, 4.69) is 19.8 Å². The van der Waals surface area contributed by atoms with Crippen LogP contribution in [0, 0.1) is 0 Å². The van der Waals surface area contributed by atoms with Gasteiger partial charge in [0.2, 0.25) is 0 Å². The molecule has 3 aromatic rings. The normalized spacial score (nSPS) is 17.9. The summed E-state index contributed by atoms with van der Waals surface area (Å²) in [5, 5.41) is 0.619. The van der Waals surface area contributed by atoms with Gasteiger partial charge < -0.3 is 24.1 Å². The molecule has 1 aromatic carbocycles. The van der Waals surface area contributed by atoms with Crippen molar-refractivity contribution in [3.05, 3.63) is 35.5 Å². The maximum atomic E-state index is 6.50. The highest BCUT2D eigenvalue weighted by molar-refractivity contribution is 6.34. The molecule has 4 heterocycles. The Morgan fingerprint density at radius 2 is 1.71 bits per heavy atom. The summed E-state index contributed by atoms with van der Waals surface area (Å²) in [6, 6.07) is 7.98. The lowest BCUT2D eigenvalue weighted by molar-refractivity contribution is 0.0322. The molecule has 2 aliphatic heterocycles. The minimum Gasteiger partial charge on any atom is -0.492 e. The Bertz CT molecular complexity index is 1010. The van der Waals surface area contributed by atoms with Gasteiger partial charge in [-0.1, -0.05) is 11.6 Å². The van der Waals surface area contributed by atoms with Gasteiger partial charge in [-0.3, -0.25) is 4.90 Å². The van der Waals surface area contributed by atoms with Gasteiger partial charge >= 0.3 is 0 Å². The molecule has 2 aromatic heterocycles. The number of benzene rings is 1. The molecular formula is C22H26ClN5O3. The van der Waals surface area contributed by atoms with Crippen molar-refractivity contribution in [2.45, 2.75) is 0 Å². The number of fused-ring (bicyclic) bond motifs is 1. The fourth-order valence-electron chi connectivity index (χ4n) is 3.98. The second-order valence-electron chi connectivity index (χ2n) is 7.67. The molecule has 2 saturated heterocycles. The monoisotopic (exact) mass is 443 g/mol. The van der Waals surface area contributed by atoms with E-state index in [0.29, 0.717) is 30.5 Å². The minimum atomic E-state index is 0.619. The molecule has 0 saturated carbocycles. The van der Waals surface area contributed by atoms with Gasteiger partial charge in [0.05, 0.1) is 43.3 Å². The van der Waals surface area contributed by atoms with E-state index in [0.717, 1.165) is 74.3 Å². The number of nitrogens with zero attached hydrogens (tertiary/aromatic N) is 4. The van der Waals surface area contributed by atoms with Gasteiger partial charge in [-0.25, -0.2) is 9.97 Å². The van der Waals surface area contributed by atoms with Crippen molar-refractivity contribution in [2.24, 2.45) is 0 Å². The van der Waals surface area contributed by atoms with Gasteiger partial charge in [-0.2, -0.15) is 0 Å². The van der Waals surface area contributed by atoms with E-state index in [9.17, 15) is 0 Å². The average Bonchev–Trinajstić information content (AvgIpc) is 3.25. The number of rotatable bonds is 6. The number of anilines is 1. The highest BCUT2D eigenvalue weighted by atomic mass is 35.5. The zero-order chi connectivity index (χ0) is 21.0. The number of aromatic amines is 1. The van der Waals surface area contributed by atoms with Crippen molar-refractivity contribution in [2.75, 3.05) is 70.7 Å². The largest absolute Gasteiger partial charge is 0.492 e. The van der Waals surface area contributed by atoms with E-state index in [1.165, 1.54) is 0 Å². The summed E-state index contributed by atoms with van der Waals surface area (Å²) in [7, 11) is 0. The van der Waals surface area contributed by atoms with Crippen LogP contribution >= 0.6 is 11.6 Å². The summed E-state index contributed by atoms with van der Waals surface area (Å²) >= 11 is 6.50. The standard InChI is InChI=1S/C22H26ClN5O3/c23-18-15-24-22-19(20(18)28-8-12-30-13-9-28)25-21(26-22)16-1-3-17(4-2-16)31-14-7-27-5-10-29-11-6-27/h1-4,15H,5-14H2,(H,24,25,26). The molecule has 8 nitrogen and oxygen atoms in total. The number of ether oxygens (including phenoxy) is 3. The zero-order valence-electron chi connectivity index (χ0n) is 17.3. The lowest BCUT2D eigenvalue weighted by Gasteiger charge is -2.29. The number of hydrogen-bond donors (Lipinski definition) is 1. The number of halogens is 1. The Balaban J connectivity index is 1.30. The topological polar surface area (TPSA) is 75.7 Å². The number of morpholine rings is 2. The number of hydrogen-bond acceptors (Lipinski definition) is 7. The van der Waals surface area contributed by atoms with E-state index < -0.39 is 0 Å². The van der Waals surface area contributed by atoms with E-state index in [1.807, 2.05) is 24.3 Å². The van der Waals surface area contributed by atoms with Crippen molar-refractivity contribution >= 4 is 28.5 Å². The Morgan fingerprint density at radius 3 is 2.45 bits per heavy atom. The fraction of sp³-hybridized carbons (Fsp3) is 0.455. The highest BCUT2D eigenvalue weighted by Crippen LogP contribution is 2.34. The lowest BCUT2D eigenvalue weighted by Crippen LogP contribution is -2.38. The summed E-state index contributed by atoms with van der Waals surface area (Å²) in [4.78, 5) is 17.1. The third-order valence-electron chi connectivity index (χ3n) is 5.68. The third-order valence-corrected chi connectivity index (χ3v) is 5.96. The van der Waals surface area contributed by atoms with Crippen LogP contribution in [-0.2, 0) is 9.47 Å². The van der Waals surface area contributed by atoms with Gasteiger partial charge in [-0.15, -0.1) is 0 Å². The number of aromatic nitrogens is 3. The summed E-state index contributed by atoms with van der Waals surface area (Å²) < 4.78 is 16.8. The molecule has 0 aliphatic carbocycles. The molecular weight excluding hydrogens is 418 g/mol. The quantitative estimate of drug-likeness (QED) is 0.627. The Morgan fingerprint density at radius 1 is 1.00 bits per heavy atom. The summed E-state index contributed by atoms with van der Waals surface area (Å²) in [6.07, 6.45) is 1.67. The SMILES string of the molecule is Clc1cnc2nc(-c3ccc(OCCN4CCOCC4)cc3)[nH]c2c1N1CCOCC1. The van der Waals surface area contributed by atoms with Crippen molar-refractivity contribution in [1.29, 1.82) is 0 Å². The predicted molar refractivity (Wildman–Crippen MR) is 120 cm³/mol. The van der Waals surface area contributed by atoms with Crippen molar-refractivity contribution < 1.29 is 14.2 Å². The van der Waals surface area contributed by atoms with Gasteiger partial charge in [-0.05, 0) is 24.3 Å². The van der Waals surface area contributed by atoms with E-state index in [-0.39, 0.29) is 0 Å². The fourth-order valence-corrected chi connectivity index (χ4v) is 4.24. The molecule has 9 heteroatoms. The molecule has 0 spiro atoms. The highest BCUT2D eigenvalue weighted by Gasteiger charge is 2.20. The molecule has 0 atom stereocenters. The molecule has 31 heavy (non-hydrogen) atoms. The Kier molecular flexibility index (Phi) is 6.22. The van der Waals surface area contributed by atoms with Crippen LogP contribution in [0.4, 0.5) is 5.69 Å². The first-order valence-electron chi connectivity index (χ1n) is 10.7. The summed E-state index contributed by atoms with van der Waals surface area (Å²) in [5.74, 6) is 1.61. The molecule has 0 unspecified atom stereocenters. The zero-order valence-corrected chi connectivity index (χ0v) is 18.1. The maximum absolute atomic E-state index is 6.50. The van der Waals surface area contributed by atoms with Crippen LogP contribution in [0.15, 0.2) is 30.5 Å². The number of imidazole rings is 1. The molecule has 0 radical (unpaired) electrons. The van der Waals surface area contributed by atoms with Crippen LogP contribution in [0.25, 0.3) is 22.6 Å². The predicted octanol–water partition coefficient (Wildman–Crippen LogP) is 2.83. The Labute approximate surface area is 186 Å². The van der Waals surface area contributed by atoms with Gasteiger partial charge in [0.1, 0.15) is 23.7 Å². The van der Waals surface area contributed by atoms with Crippen LogP contribution < -0.4 is 9.64 Å². The second-order valence-corrected chi connectivity index (χ2v) is 8.07. The molecule has 0 bridgehead atoms. The number of nitrogens with one attached hydrogen (secondary N) is 1. The Hall–Kier alpha value is -2.39. The number of H-pyrrole nitrogens is 1. The maximum Gasteiger partial charge on any atom is 0.180 e. The van der Waals surface area contributed by atoms with E-state index in [1.54, 1.807) is 6.20 Å². The molecule has 2 aliphatic rings. The molecule has 5 rings (SSSR count). The smallest absolute Gasteiger partial charge is 0.180 e. The molecule has 0 amide bonds. The van der Waals surface area contributed by atoms with Crippen molar-refractivity contribution in [3.8, 4) is 17.1 Å². The lowest BCUT2D eigenvalue weighted by atomic mass is 10.2. The van der Waals surface area contributed by atoms with Crippen molar-refractivity contribution in [1.82, 2.24) is 19.9 Å². The molecule has 164 valence electrons. The van der Waals surface area contributed by atoms with E-state index in [4.69, 9.17) is 30.8 Å². The minimum absolute atomic E-state index is 0.619. The van der Waals surface area contributed by atoms with Crippen LogP contribution in [-0.4, -0.2) is 85.6 Å².